The van der Waals surface area contributed by atoms with Crippen LogP contribution in [-0.2, 0) is 6.54 Å². The van der Waals surface area contributed by atoms with Gasteiger partial charge in [0.1, 0.15) is 5.76 Å². The van der Waals surface area contributed by atoms with Gasteiger partial charge in [-0.05, 0) is 7.05 Å². The van der Waals surface area contributed by atoms with Crippen molar-refractivity contribution in [1.29, 1.82) is 0 Å². The first-order valence-corrected chi connectivity index (χ1v) is 5.83. The van der Waals surface area contributed by atoms with E-state index < -0.39 is 0 Å². The lowest BCUT2D eigenvalue weighted by atomic mass is 10.3. The molecule has 1 aliphatic rings. The van der Waals surface area contributed by atoms with Crippen molar-refractivity contribution in [2.45, 2.75) is 6.54 Å². The van der Waals surface area contributed by atoms with E-state index in [9.17, 15) is 0 Å². The van der Waals surface area contributed by atoms with Gasteiger partial charge in [-0.2, -0.15) is 0 Å². The lowest BCUT2D eigenvalue weighted by molar-refractivity contribution is 0.154. The molecular formula is C11H20N4O. The van der Waals surface area contributed by atoms with Gasteiger partial charge in [0.15, 0.2) is 6.39 Å². The largest absolute Gasteiger partial charge is 0.447 e. The average molecular weight is 224 g/mol. The van der Waals surface area contributed by atoms with Crippen molar-refractivity contribution in [2.24, 2.45) is 0 Å². The fraction of sp³-hybridized carbons (Fsp3) is 0.727. The maximum atomic E-state index is 5.15. The van der Waals surface area contributed by atoms with E-state index in [1.54, 1.807) is 6.20 Å². The summed E-state index contributed by atoms with van der Waals surface area (Å²) in [5, 5.41) is 3.36. The minimum atomic E-state index is 0.772. The molecule has 1 fully saturated rings. The molecule has 1 saturated heterocycles. The molecular weight excluding hydrogens is 204 g/mol. The molecule has 0 saturated carbocycles. The molecule has 5 heteroatoms. The van der Waals surface area contributed by atoms with E-state index in [0.29, 0.717) is 0 Å². The zero-order valence-electron chi connectivity index (χ0n) is 9.85. The van der Waals surface area contributed by atoms with Crippen LogP contribution in [-0.4, -0.2) is 61.1 Å². The molecule has 2 rings (SSSR count). The summed E-state index contributed by atoms with van der Waals surface area (Å²) in [6.45, 7) is 7.62. The Morgan fingerprint density at radius 1 is 1.38 bits per heavy atom. The number of likely N-dealkylation sites (N-methyl/N-ethyl adjacent to an activating group) is 1. The first-order valence-electron chi connectivity index (χ1n) is 5.83. The summed E-state index contributed by atoms with van der Waals surface area (Å²) in [5.41, 5.74) is 0. The van der Waals surface area contributed by atoms with E-state index in [-0.39, 0.29) is 0 Å². The monoisotopic (exact) mass is 224 g/mol. The number of nitrogens with one attached hydrogen (secondary N) is 1. The number of nitrogens with zero attached hydrogens (tertiary/aromatic N) is 3. The van der Waals surface area contributed by atoms with Gasteiger partial charge >= 0.3 is 0 Å². The summed E-state index contributed by atoms with van der Waals surface area (Å²) in [4.78, 5) is 8.74. The van der Waals surface area contributed by atoms with Gasteiger partial charge in [0.25, 0.3) is 0 Å². The van der Waals surface area contributed by atoms with E-state index in [1.165, 1.54) is 32.6 Å². The van der Waals surface area contributed by atoms with Crippen LogP contribution < -0.4 is 5.32 Å². The predicted molar refractivity (Wildman–Crippen MR) is 62.1 cm³/mol. The summed E-state index contributed by atoms with van der Waals surface area (Å²) >= 11 is 0. The van der Waals surface area contributed by atoms with Gasteiger partial charge in [0.2, 0.25) is 0 Å². The van der Waals surface area contributed by atoms with E-state index in [1.807, 2.05) is 0 Å². The molecule has 0 spiro atoms. The molecule has 1 aliphatic heterocycles. The van der Waals surface area contributed by atoms with Gasteiger partial charge in [-0.25, -0.2) is 4.98 Å². The molecule has 5 nitrogen and oxygen atoms in total. The third-order valence-electron chi connectivity index (χ3n) is 2.98. The highest BCUT2D eigenvalue weighted by molar-refractivity contribution is 4.87. The Morgan fingerprint density at radius 3 is 2.88 bits per heavy atom. The molecule has 1 aromatic heterocycles. The van der Waals surface area contributed by atoms with Crippen LogP contribution in [0.5, 0.6) is 0 Å². The molecule has 0 bridgehead atoms. The minimum Gasteiger partial charge on any atom is -0.447 e. The van der Waals surface area contributed by atoms with Crippen molar-refractivity contribution >= 4 is 0 Å². The molecule has 0 amide bonds. The molecule has 90 valence electrons. The van der Waals surface area contributed by atoms with Gasteiger partial charge in [-0.3, -0.25) is 4.90 Å². The molecule has 0 aromatic carbocycles. The average Bonchev–Trinajstić information content (AvgIpc) is 2.80. The second-order valence-electron chi connectivity index (χ2n) is 4.29. The van der Waals surface area contributed by atoms with Crippen LogP contribution in [0.3, 0.4) is 0 Å². The molecule has 0 unspecified atom stereocenters. The number of hydrogen-bond acceptors (Lipinski definition) is 5. The van der Waals surface area contributed by atoms with E-state index in [2.05, 4.69) is 27.1 Å². The maximum Gasteiger partial charge on any atom is 0.180 e. The zero-order chi connectivity index (χ0) is 11.2. The third-order valence-corrected chi connectivity index (χ3v) is 2.98. The van der Waals surface area contributed by atoms with Crippen molar-refractivity contribution in [3.63, 3.8) is 0 Å². The second kappa shape index (κ2) is 5.98. The van der Waals surface area contributed by atoms with E-state index in [4.69, 9.17) is 4.42 Å². The Labute approximate surface area is 96.4 Å². The molecule has 2 heterocycles. The minimum absolute atomic E-state index is 0.772. The number of rotatable bonds is 5. The Hall–Kier alpha value is -0.910. The van der Waals surface area contributed by atoms with Crippen LogP contribution in [0, 0.1) is 0 Å². The van der Waals surface area contributed by atoms with Crippen molar-refractivity contribution < 1.29 is 4.42 Å². The number of oxazole rings is 1. The standard InChI is InChI=1S/C11H20N4O/c1-14-4-6-15(7-5-14)3-2-12-8-11-9-13-10-16-11/h9-10,12H,2-8H2,1H3. The lowest BCUT2D eigenvalue weighted by Crippen LogP contribution is -2.46. The van der Waals surface area contributed by atoms with Crippen LogP contribution in [0.25, 0.3) is 0 Å². The van der Waals surface area contributed by atoms with Crippen LogP contribution in [0.4, 0.5) is 0 Å². The summed E-state index contributed by atoms with van der Waals surface area (Å²) in [6, 6.07) is 0. The quantitative estimate of drug-likeness (QED) is 0.714. The van der Waals surface area contributed by atoms with E-state index in [0.717, 1.165) is 25.4 Å². The predicted octanol–water partition coefficient (Wildman–Crippen LogP) is 0.0116. The smallest absolute Gasteiger partial charge is 0.180 e. The molecule has 16 heavy (non-hydrogen) atoms. The summed E-state index contributed by atoms with van der Waals surface area (Å²) in [6.07, 6.45) is 3.22. The Bertz CT molecular complexity index is 280. The maximum absolute atomic E-state index is 5.15. The van der Waals surface area contributed by atoms with Crippen molar-refractivity contribution in [3.05, 3.63) is 18.4 Å². The second-order valence-corrected chi connectivity index (χ2v) is 4.29. The van der Waals surface area contributed by atoms with Gasteiger partial charge in [0.05, 0.1) is 12.7 Å². The molecule has 1 N–H and O–H groups in total. The lowest BCUT2D eigenvalue weighted by Gasteiger charge is -2.32. The summed E-state index contributed by atoms with van der Waals surface area (Å²) < 4.78 is 5.15. The van der Waals surface area contributed by atoms with Crippen molar-refractivity contribution in [2.75, 3.05) is 46.3 Å². The fourth-order valence-corrected chi connectivity index (χ4v) is 1.85. The van der Waals surface area contributed by atoms with Gasteiger partial charge in [0, 0.05) is 39.3 Å². The highest BCUT2D eigenvalue weighted by atomic mass is 16.3. The van der Waals surface area contributed by atoms with Crippen molar-refractivity contribution in [1.82, 2.24) is 20.1 Å². The zero-order valence-corrected chi connectivity index (χ0v) is 9.85. The number of aromatic nitrogens is 1. The van der Waals surface area contributed by atoms with Crippen LogP contribution in [0.2, 0.25) is 0 Å². The SMILES string of the molecule is CN1CCN(CCNCc2cnco2)CC1. The fourth-order valence-electron chi connectivity index (χ4n) is 1.85. The Balaban J connectivity index is 1.55. The van der Waals surface area contributed by atoms with E-state index >= 15 is 0 Å². The topological polar surface area (TPSA) is 44.5 Å². The van der Waals surface area contributed by atoms with Crippen LogP contribution >= 0.6 is 0 Å². The first-order chi connectivity index (χ1) is 7.84. The third kappa shape index (κ3) is 3.59. The molecule has 1 aromatic rings. The number of piperazine rings is 1. The molecule has 0 radical (unpaired) electrons. The highest BCUT2D eigenvalue weighted by Gasteiger charge is 2.12. The first kappa shape index (κ1) is 11.6. The molecule has 0 atom stereocenters. The normalized spacial score (nSPS) is 19.1. The summed E-state index contributed by atoms with van der Waals surface area (Å²) in [7, 11) is 2.18. The van der Waals surface area contributed by atoms with Gasteiger partial charge in [-0.15, -0.1) is 0 Å². The van der Waals surface area contributed by atoms with Crippen molar-refractivity contribution in [3.8, 4) is 0 Å². The number of hydrogen-bond donors (Lipinski definition) is 1. The Morgan fingerprint density at radius 2 is 2.19 bits per heavy atom. The van der Waals surface area contributed by atoms with Gasteiger partial charge in [-0.1, -0.05) is 0 Å². The Kier molecular flexibility index (Phi) is 4.33. The summed E-state index contributed by atoms with van der Waals surface area (Å²) in [5.74, 6) is 0.901. The highest BCUT2D eigenvalue weighted by Crippen LogP contribution is 1.98. The molecule has 0 aliphatic carbocycles. The van der Waals surface area contributed by atoms with Crippen LogP contribution in [0.1, 0.15) is 5.76 Å². The van der Waals surface area contributed by atoms with Gasteiger partial charge < -0.3 is 14.6 Å². The van der Waals surface area contributed by atoms with Crippen LogP contribution in [0.15, 0.2) is 17.0 Å².